The topological polar surface area (TPSA) is 70.2 Å². The van der Waals surface area contributed by atoms with Gasteiger partial charge in [-0.2, -0.15) is 0 Å². The van der Waals surface area contributed by atoms with Crippen LogP contribution in [0.4, 0.5) is 0 Å². The first-order valence-corrected chi connectivity index (χ1v) is 4.24. The summed E-state index contributed by atoms with van der Waals surface area (Å²) in [7, 11) is 2.96. The quantitative estimate of drug-likeness (QED) is 0.467. The zero-order valence-corrected chi connectivity index (χ0v) is 8.31. The highest BCUT2D eigenvalue weighted by molar-refractivity contribution is 5.97. The van der Waals surface area contributed by atoms with Crippen molar-refractivity contribution in [1.82, 2.24) is 6.15 Å². The summed E-state index contributed by atoms with van der Waals surface area (Å²) in [5.41, 5.74) is 5.51. The van der Waals surface area contributed by atoms with Crippen molar-refractivity contribution >= 4 is 10.5 Å². The van der Waals surface area contributed by atoms with Gasteiger partial charge in [-0.05, 0) is 25.3 Å². The van der Waals surface area contributed by atoms with E-state index < -0.39 is 0 Å². The second-order valence-electron chi connectivity index (χ2n) is 2.50. The highest BCUT2D eigenvalue weighted by Gasteiger charge is 2.01. The molecule has 67 valence electrons. The maximum atomic E-state index is 5.51. The molecule has 0 aliphatic carbocycles. The van der Waals surface area contributed by atoms with Crippen molar-refractivity contribution in [2.45, 2.75) is 26.2 Å². The first-order valence-electron chi connectivity index (χ1n) is 3.83. The monoisotopic (exact) mass is 175 g/mol. The fourth-order valence-corrected chi connectivity index (χ4v) is 1.08. The molecular formula is C7H19N2OSi. The molecule has 0 heterocycles. The van der Waals surface area contributed by atoms with Crippen molar-refractivity contribution < 1.29 is 4.43 Å². The molecule has 0 bridgehead atoms. The van der Waals surface area contributed by atoms with Crippen LogP contribution in [0.2, 0.25) is 0 Å². The first kappa shape index (κ1) is 13.7. The fraction of sp³-hybridized carbons (Fsp3) is 1.00. The third-order valence-corrected chi connectivity index (χ3v) is 1.97. The molecule has 1 unspecified atom stereocenters. The molecule has 0 rings (SSSR count). The van der Waals surface area contributed by atoms with Crippen LogP contribution < -0.4 is 11.9 Å². The lowest BCUT2D eigenvalue weighted by Crippen LogP contribution is -2.13. The molecule has 0 aliphatic heterocycles. The van der Waals surface area contributed by atoms with Gasteiger partial charge in [-0.1, -0.05) is 13.3 Å². The molecule has 0 spiro atoms. The summed E-state index contributed by atoms with van der Waals surface area (Å²) in [4.78, 5) is 0. The van der Waals surface area contributed by atoms with Crippen LogP contribution in [-0.2, 0) is 4.43 Å². The predicted octanol–water partition coefficient (Wildman–Crippen LogP) is 1.01. The van der Waals surface area contributed by atoms with Crippen LogP contribution in [-0.4, -0.2) is 23.6 Å². The minimum absolute atomic E-state index is 0. The van der Waals surface area contributed by atoms with Gasteiger partial charge in [-0.15, -0.1) is 0 Å². The maximum Gasteiger partial charge on any atom is 0.246 e. The summed E-state index contributed by atoms with van der Waals surface area (Å²) in [6, 6.07) is 0. The van der Waals surface area contributed by atoms with Crippen molar-refractivity contribution in [2.24, 2.45) is 11.7 Å². The lowest BCUT2D eigenvalue weighted by Gasteiger charge is -2.10. The standard InChI is InChI=1S/C7H16NOSi.H3N/c1-2-7(6-8)4-3-5-9-10;/h7H,2-6,8H2,1H3;1H3. The van der Waals surface area contributed by atoms with Gasteiger partial charge >= 0.3 is 0 Å². The largest absolute Gasteiger partial charge is 0.419 e. The lowest BCUT2D eigenvalue weighted by atomic mass is 10.0. The Morgan fingerprint density at radius 1 is 1.55 bits per heavy atom. The van der Waals surface area contributed by atoms with E-state index >= 15 is 0 Å². The summed E-state index contributed by atoms with van der Waals surface area (Å²) in [6.07, 6.45) is 3.45. The van der Waals surface area contributed by atoms with Gasteiger partial charge in [0.2, 0.25) is 10.5 Å². The van der Waals surface area contributed by atoms with Crippen LogP contribution in [0.5, 0.6) is 0 Å². The molecule has 4 heteroatoms. The minimum atomic E-state index is 0. The van der Waals surface area contributed by atoms with E-state index in [0.717, 1.165) is 19.6 Å². The van der Waals surface area contributed by atoms with Crippen molar-refractivity contribution in [3.8, 4) is 0 Å². The van der Waals surface area contributed by atoms with E-state index in [2.05, 4.69) is 17.4 Å². The van der Waals surface area contributed by atoms with Crippen molar-refractivity contribution in [2.75, 3.05) is 13.2 Å². The molecule has 0 aromatic rings. The molecule has 0 fully saturated rings. The second-order valence-corrected chi connectivity index (χ2v) is 2.79. The Balaban J connectivity index is 0. The third kappa shape index (κ3) is 8.00. The highest BCUT2D eigenvalue weighted by atomic mass is 28.2. The third-order valence-electron chi connectivity index (χ3n) is 1.77. The van der Waals surface area contributed by atoms with Gasteiger partial charge in [0.1, 0.15) is 0 Å². The lowest BCUT2D eigenvalue weighted by molar-refractivity contribution is 0.315. The van der Waals surface area contributed by atoms with E-state index in [1.807, 2.05) is 0 Å². The normalized spacial score (nSPS) is 12.3. The van der Waals surface area contributed by atoms with E-state index in [-0.39, 0.29) is 6.15 Å². The molecule has 3 nitrogen and oxygen atoms in total. The summed E-state index contributed by atoms with van der Waals surface area (Å²) >= 11 is 0. The Morgan fingerprint density at radius 2 is 2.18 bits per heavy atom. The zero-order valence-electron chi connectivity index (χ0n) is 7.31. The highest BCUT2D eigenvalue weighted by Crippen LogP contribution is 2.08. The number of hydrogen-bond donors (Lipinski definition) is 2. The van der Waals surface area contributed by atoms with Gasteiger partial charge in [0, 0.05) is 6.61 Å². The summed E-state index contributed by atoms with van der Waals surface area (Å²) in [6.45, 7) is 3.76. The molecule has 0 aromatic heterocycles. The van der Waals surface area contributed by atoms with Crippen molar-refractivity contribution in [3.05, 3.63) is 0 Å². The Bertz CT molecular complexity index is 69.5. The van der Waals surface area contributed by atoms with E-state index in [9.17, 15) is 0 Å². The molecular weight excluding hydrogens is 156 g/mol. The minimum Gasteiger partial charge on any atom is -0.419 e. The molecule has 0 amide bonds. The zero-order chi connectivity index (χ0) is 7.82. The SMILES string of the molecule is CCC(CN)CCCO[Si].N. The van der Waals surface area contributed by atoms with Gasteiger partial charge < -0.3 is 16.3 Å². The average Bonchev–Trinajstić information content (AvgIpc) is 1.99. The van der Waals surface area contributed by atoms with E-state index in [4.69, 9.17) is 10.2 Å². The van der Waals surface area contributed by atoms with Gasteiger partial charge in [-0.25, -0.2) is 0 Å². The molecule has 0 saturated heterocycles. The number of hydrogen-bond acceptors (Lipinski definition) is 3. The summed E-state index contributed by atoms with van der Waals surface area (Å²) < 4.78 is 4.75. The van der Waals surface area contributed by atoms with Crippen LogP contribution in [0.15, 0.2) is 0 Å². The van der Waals surface area contributed by atoms with Crippen LogP contribution >= 0.6 is 0 Å². The van der Waals surface area contributed by atoms with Crippen LogP contribution in [0.3, 0.4) is 0 Å². The van der Waals surface area contributed by atoms with Crippen LogP contribution in [0.1, 0.15) is 26.2 Å². The average molecular weight is 175 g/mol. The van der Waals surface area contributed by atoms with E-state index in [1.165, 1.54) is 12.8 Å². The smallest absolute Gasteiger partial charge is 0.246 e. The Morgan fingerprint density at radius 3 is 2.55 bits per heavy atom. The Hall–Kier alpha value is 0.0969. The first-order chi connectivity index (χ1) is 4.85. The summed E-state index contributed by atoms with van der Waals surface area (Å²) in [5.74, 6) is 0.682. The van der Waals surface area contributed by atoms with Crippen LogP contribution in [0.25, 0.3) is 0 Å². The number of nitrogens with two attached hydrogens (primary N) is 1. The maximum absolute atomic E-state index is 5.51. The number of rotatable bonds is 6. The van der Waals surface area contributed by atoms with E-state index in [0.29, 0.717) is 5.92 Å². The Labute approximate surface area is 72.8 Å². The molecule has 3 radical (unpaired) electrons. The van der Waals surface area contributed by atoms with Gasteiger partial charge in [-0.3, -0.25) is 0 Å². The predicted molar refractivity (Wildman–Crippen MR) is 48.8 cm³/mol. The molecule has 1 atom stereocenters. The van der Waals surface area contributed by atoms with Crippen molar-refractivity contribution in [3.63, 3.8) is 0 Å². The van der Waals surface area contributed by atoms with Gasteiger partial charge in [0.05, 0.1) is 0 Å². The van der Waals surface area contributed by atoms with Gasteiger partial charge in [0.15, 0.2) is 0 Å². The van der Waals surface area contributed by atoms with E-state index in [1.54, 1.807) is 0 Å². The van der Waals surface area contributed by atoms with Crippen molar-refractivity contribution in [1.29, 1.82) is 0 Å². The van der Waals surface area contributed by atoms with Crippen LogP contribution in [0, 0.1) is 5.92 Å². The molecule has 11 heavy (non-hydrogen) atoms. The molecule has 0 aliphatic rings. The van der Waals surface area contributed by atoms with Gasteiger partial charge in [0.25, 0.3) is 0 Å². The molecule has 0 aromatic carbocycles. The fourth-order valence-electron chi connectivity index (χ4n) is 0.933. The Kier molecular flexibility index (Phi) is 12.5. The molecule has 5 N–H and O–H groups in total. The molecule has 0 saturated carbocycles. The second kappa shape index (κ2) is 10.1. The summed E-state index contributed by atoms with van der Waals surface area (Å²) in [5, 5.41) is 0.